The fraction of sp³-hybridized carbons (Fsp3) is 0.541. The van der Waals surface area contributed by atoms with Crippen molar-refractivity contribution in [1.82, 2.24) is 24.9 Å². The molecule has 3 atom stereocenters. The number of hydrogen-bond donors (Lipinski definition) is 3. The molecule has 1 aliphatic heterocycles. The van der Waals surface area contributed by atoms with Gasteiger partial charge in [-0.25, -0.2) is 9.19 Å². The number of hydrogen-bond acceptors (Lipinski definition) is 9. The van der Waals surface area contributed by atoms with Crippen LogP contribution in [0.2, 0.25) is 0 Å². The highest BCUT2D eigenvalue weighted by atomic mass is 32.2. The molecule has 14 heteroatoms. The predicted molar refractivity (Wildman–Crippen MR) is 206 cm³/mol. The monoisotopic (exact) mass is 745 g/mol. The molecule has 5 rings (SSSR count). The Balaban J connectivity index is 0.000000272. The van der Waals surface area contributed by atoms with Crippen molar-refractivity contribution < 1.29 is 28.1 Å². The molecular formula is C37H55N5O7S2. The van der Waals surface area contributed by atoms with Crippen molar-refractivity contribution in [2.45, 2.75) is 104 Å². The summed E-state index contributed by atoms with van der Waals surface area (Å²) in [7, 11) is 0.447. The van der Waals surface area contributed by atoms with E-state index in [4.69, 9.17) is 9.47 Å². The number of carbonyl (C=O) groups excluding carboxylic acids is 3. The van der Waals surface area contributed by atoms with Crippen LogP contribution < -0.4 is 20.2 Å². The van der Waals surface area contributed by atoms with Crippen molar-refractivity contribution in [3.63, 3.8) is 0 Å². The van der Waals surface area contributed by atoms with Gasteiger partial charge in [-0.3, -0.25) is 23.9 Å². The highest BCUT2D eigenvalue weighted by Gasteiger charge is 2.28. The number of nitrogens with one attached hydrogen (secondary N) is 3. The van der Waals surface area contributed by atoms with Gasteiger partial charge in [-0.05, 0) is 83.8 Å². The van der Waals surface area contributed by atoms with Crippen LogP contribution in [0.1, 0.15) is 89.8 Å². The maximum absolute atomic E-state index is 12.4. The first kappa shape index (κ1) is 43.3. The summed E-state index contributed by atoms with van der Waals surface area (Å²) in [5.41, 5.74) is 3.53. The standard InChI is InChI=1S/C17H18N2O2S.C14H25NO2.C4H7NO.C2H5NO2S/c1-9(2)13-8-22-17(19-13)12-7-14(20)11-5-6-15(21-4)10(3)16(11)18-12;1-4-5-6-7-11-17-13(3)14(16)15-10-8-9-12(15)2;6-3-5-4-1-2-4;1-6(5)3-2-4/h5-9H,1-4H3,(H,18,20);4,12-13H,1,5-11H2,2-3H3;3-4H,1-2H2,(H,5,6);2H,1H3,(H,3,4)/t;12?,13-;;/m.1../s1. The number of unbranched alkanes of at least 4 members (excludes halogenated alkanes) is 2. The topological polar surface area (TPSA) is 160 Å². The number of pyridine rings is 1. The van der Waals surface area contributed by atoms with E-state index in [0.717, 1.165) is 78.3 Å². The molecule has 2 fully saturated rings. The molecule has 3 aromatic rings. The second-order valence-electron chi connectivity index (χ2n) is 12.7. The molecule has 1 aromatic carbocycles. The van der Waals surface area contributed by atoms with E-state index < -0.39 is 11.0 Å². The summed E-state index contributed by atoms with van der Waals surface area (Å²) in [6, 6.07) is 6.16. The Morgan fingerprint density at radius 1 is 1.20 bits per heavy atom. The average molecular weight is 746 g/mol. The van der Waals surface area contributed by atoms with E-state index in [2.05, 4.69) is 42.6 Å². The molecule has 0 radical (unpaired) electrons. The van der Waals surface area contributed by atoms with E-state index in [-0.39, 0.29) is 17.4 Å². The van der Waals surface area contributed by atoms with Crippen molar-refractivity contribution in [2.24, 2.45) is 0 Å². The highest BCUT2D eigenvalue weighted by molar-refractivity contribution is 7.82. The van der Waals surface area contributed by atoms with E-state index in [0.29, 0.717) is 36.4 Å². The summed E-state index contributed by atoms with van der Waals surface area (Å²) in [6.45, 7) is 15.4. The van der Waals surface area contributed by atoms with Gasteiger partial charge in [0.25, 0.3) is 5.91 Å². The fourth-order valence-electron chi connectivity index (χ4n) is 5.08. The van der Waals surface area contributed by atoms with Crippen LogP contribution in [0.15, 0.2) is 41.0 Å². The number of aromatic amines is 1. The zero-order chi connectivity index (χ0) is 37.9. The Labute approximate surface area is 308 Å². The number of carbonyl (C=O) groups is 3. The molecule has 2 unspecified atom stereocenters. The van der Waals surface area contributed by atoms with Crippen LogP contribution in [0, 0.1) is 6.92 Å². The predicted octanol–water partition coefficient (Wildman–Crippen LogP) is 5.77. The molecule has 1 aliphatic carbocycles. The van der Waals surface area contributed by atoms with Crippen LogP contribution in [-0.2, 0) is 30.1 Å². The smallest absolute Gasteiger partial charge is 0.251 e. The SMILES string of the molecule is C=CCCCCO[C@H](C)C(=O)N1CCCC1C.COc1ccc2c(=O)cc(-c3nc(C(C)C)cs3)[nH]c2c1C.CS(=O)NC=O.O=CNC1CC1. The first-order valence-corrected chi connectivity index (χ1v) is 19.7. The van der Waals surface area contributed by atoms with Crippen molar-refractivity contribution in [3.05, 3.63) is 57.7 Å². The number of amides is 3. The minimum absolute atomic E-state index is 0.00389. The summed E-state index contributed by atoms with van der Waals surface area (Å²) < 4.78 is 22.7. The molecule has 0 spiro atoms. The van der Waals surface area contributed by atoms with E-state index in [1.54, 1.807) is 30.6 Å². The molecule has 1 saturated carbocycles. The quantitative estimate of drug-likeness (QED) is 0.107. The molecule has 282 valence electrons. The number of fused-ring (bicyclic) bond motifs is 1. The van der Waals surface area contributed by atoms with Crippen LogP contribution in [0.3, 0.4) is 0 Å². The number of likely N-dealkylation sites (tertiary alicyclic amines) is 1. The third-order valence-corrected chi connectivity index (χ3v) is 9.55. The third kappa shape index (κ3) is 14.7. The Hall–Kier alpha value is -3.88. The first-order valence-electron chi connectivity index (χ1n) is 17.3. The van der Waals surface area contributed by atoms with Gasteiger partial charge >= 0.3 is 0 Å². The third-order valence-electron chi connectivity index (χ3n) is 8.23. The van der Waals surface area contributed by atoms with Gasteiger partial charge in [0, 0.05) is 53.9 Å². The Morgan fingerprint density at radius 3 is 2.41 bits per heavy atom. The molecule has 2 aromatic heterocycles. The van der Waals surface area contributed by atoms with Crippen molar-refractivity contribution in [1.29, 1.82) is 0 Å². The Kier molecular flexibility index (Phi) is 19.4. The second kappa shape index (κ2) is 22.8. The first-order chi connectivity index (χ1) is 24.4. The van der Waals surface area contributed by atoms with Gasteiger partial charge in [0.1, 0.15) is 27.8 Å². The average Bonchev–Trinajstić information content (AvgIpc) is 3.58. The van der Waals surface area contributed by atoms with Crippen LogP contribution >= 0.6 is 11.3 Å². The Bertz CT molecular complexity index is 1640. The lowest BCUT2D eigenvalue weighted by Gasteiger charge is -2.25. The number of H-pyrrole nitrogens is 1. The van der Waals surface area contributed by atoms with Crippen LogP contribution in [-0.4, -0.2) is 82.5 Å². The maximum Gasteiger partial charge on any atom is 0.251 e. The number of methoxy groups -OCH3 is 1. The van der Waals surface area contributed by atoms with Gasteiger partial charge in [0.15, 0.2) is 5.43 Å². The number of thiazole rings is 1. The van der Waals surface area contributed by atoms with Crippen LogP contribution in [0.4, 0.5) is 0 Å². The van der Waals surface area contributed by atoms with E-state index in [1.165, 1.54) is 19.1 Å². The highest BCUT2D eigenvalue weighted by Crippen LogP contribution is 2.29. The number of aromatic nitrogens is 2. The van der Waals surface area contributed by atoms with Gasteiger partial charge in [-0.1, -0.05) is 19.9 Å². The normalized spacial score (nSPS) is 15.9. The summed E-state index contributed by atoms with van der Waals surface area (Å²) in [5.74, 6) is 1.29. The molecule has 2 aliphatic rings. The molecule has 51 heavy (non-hydrogen) atoms. The van der Waals surface area contributed by atoms with E-state index in [1.807, 2.05) is 41.0 Å². The molecule has 3 heterocycles. The Morgan fingerprint density at radius 2 is 1.92 bits per heavy atom. The molecule has 3 amide bonds. The molecule has 12 nitrogen and oxygen atoms in total. The summed E-state index contributed by atoms with van der Waals surface area (Å²) >= 11 is 1.55. The number of benzene rings is 1. The van der Waals surface area contributed by atoms with Gasteiger partial charge < -0.3 is 24.7 Å². The zero-order valence-electron chi connectivity index (χ0n) is 31.0. The van der Waals surface area contributed by atoms with Gasteiger partial charge in [0.2, 0.25) is 12.8 Å². The lowest BCUT2D eigenvalue weighted by Crippen LogP contribution is -2.41. The molecule has 0 bridgehead atoms. The number of rotatable bonds is 14. The van der Waals surface area contributed by atoms with E-state index in [9.17, 15) is 23.4 Å². The second-order valence-corrected chi connectivity index (χ2v) is 14.7. The molecular weight excluding hydrogens is 691 g/mol. The number of ether oxygens (including phenoxy) is 2. The van der Waals surface area contributed by atoms with Crippen molar-refractivity contribution >= 4 is 52.0 Å². The lowest BCUT2D eigenvalue weighted by atomic mass is 10.1. The molecule has 1 saturated heterocycles. The van der Waals surface area contributed by atoms with Gasteiger partial charge in [0.05, 0.1) is 24.0 Å². The van der Waals surface area contributed by atoms with Crippen LogP contribution in [0.25, 0.3) is 21.6 Å². The lowest BCUT2D eigenvalue weighted by molar-refractivity contribution is -0.143. The fourth-order valence-corrected chi connectivity index (χ4v) is 6.17. The number of nitrogens with zero attached hydrogens (tertiary/aromatic N) is 2. The van der Waals surface area contributed by atoms with Gasteiger partial charge in [-0.2, -0.15) is 0 Å². The van der Waals surface area contributed by atoms with Crippen molar-refractivity contribution in [3.8, 4) is 16.5 Å². The maximum atomic E-state index is 12.4. The summed E-state index contributed by atoms with van der Waals surface area (Å²) in [5, 5.41) is 6.19. The van der Waals surface area contributed by atoms with E-state index >= 15 is 0 Å². The van der Waals surface area contributed by atoms with Crippen LogP contribution in [0.5, 0.6) is 5.75 Å². The zero-order valence-corrected chi connectivity index (χ0v) is 32.6. The number of aryl methyl sites for hydroxylation is 1. The number of allylic oxidation sites excluding steroid dienone is 1. The summed E-state index contributed by atoms with van der Waals surface area (Å²) in [6.07, 6.45) is 11.9. The molecule has 3 N–H and O–H groups in total. The largest absolute Gasteiger partial charge is 0.496 e. The van der Waals surface area contributed by atoms with Gasteiger partial charge in [-0.15, -0.1) is 17.9 Å². The summed E-state index contributed by atoms with van der Waals surface area (Å²) in [4.78, 5) is 53.2. The van der Waals surface area contributed by atoms with Crippen molar-refractivity contribution in [2.75, 3.05) is 26.5 Å². The minimum Gasteiger partial charge on any atom is -0.496 e. The minimum atomic E-state index is -1.18.